The number of hydrogen-bond acceptors (Lipinski definition) is 4. The van der Waals surface area contributed by atoms with Gasteiger partial charge < -0.3 is 4.42 Å². The molecule has 3 aromatic rings. The number of aromatic nitrogens is 2. The van der Waals surface area contributed by atoms with Crippen molar-refractivity contribution in [2.75, 3.05) is 0 Å². The molecule has 3 rings (SSSR count). The molecule has 21 heavy (non-hydrogen) atoms. The van der Waals surface area contributed by atoms with Gasteiger partial charge >= 0.3 is 0 Å². The second kappa shape index (κ2) is 5.48. The number of carbonyl (C=O) groups excluding carboxylic acids is 1. The van der Waals surface area contributed by atoms with Gasteiger partial charge in [0.1, 0.15) is 5.69 Å². The third kappa shape index (κ3) is 2.57. The van der Waals surface area contributed by atoms with Gasteiger partial charge in [0.25, 0.3) is 0 Å². The van der Waals surface area contributed by atoms with E-state index in [0.29, 0.717) is 29.2 Å². The van der Waals surface area contributed by atoms with Crippen LogP contribution in [0.15, 0.2) is 40.8 Å². The maximum absolute atomic E-state index is 12.1. The van der Waals surface area contributed by atoms with Gasteiger partial charge in [-0.15, -0.1) is 0 Å². The monoisotopic (exact) mass is 280 g/mol. The van der Waals surface area contributed by atoms with Crippen molar-refractivity contribution in [2.45, 2.75) is 26.7 Å². The van der Waals surface area contributed by atoms with Crippen molar-refractivity contribution in [3.05, 3.63) is 47.7 Å². The highest BCUT2D eigenvalue weighted by atomic mass is 16.3. The molecule has 0 atom stereocenters. The molecule has 0 aliphatic rings. The first-order valence-electron chi connectivity index (χ1n) is 7.06. The van der Waals surface area contributed by atoms with Crippen LogP contribution >= 0.6 is 0 Å². The Balaban J connectivity index is 2.08. The Morgan fingerprint density at radius 1 is 1.19 bits per heavy atom. The third-order valence-electron chi connectivity index (χ3n) is 3.34. The van der Waals surface area contributed by atoms with Crippen molar-refractivity contribution in [1.82, 2.24) is 9.97 Å². The zero-order chi connectivity index (χ0) is 14.8. The van der Waals surface area contributed by atoms with Crippen LogP contribution in [-0.2, 0) is 0 Å². The standard InChI is InChI=1S/C17H16N2O2/c1-3-7-13(20)15-11(2)10-14-16(18-15)19-17(21-14)12-8-5-4-6-9-12/h4-6,8-10H,3,7H2,1-2H3. The summed E-state index contributed by atoms with van der Waals surface area (Å²) < 4.78 is 5.74. The van der Waals surface area contributed by atoms with Gasteiger partial charge in [0, 0.05) is 12.0 Å². The van der Waals surface area contributed by atoms with Crippen molar-refractivity contribution in [3.8, 4) is 11.5 Å². The van der Waals surface area contributed by atoms with Crippen LogP contribution in [0.3, 0.4) is 0 Å². The maximum Gasteiger partial charge on any atom is 0.228 e. The Kier molecular flexibility index (Phi) is 3.52. The average molecular weight is 280 g/mol. The van der Waals surface area contributed by atoms with E-state index in [1.54, 1.807) is 0 Å². The minimum absolute atomic E-state index is 0.0566. The van der Waals surface area contributed by atoms with Gasteiger partial charge in [-0.1, -0.05) is 25.1 Å². The van der Waals surface area contributed by atoms with Gasteiger partial charge in [0.05, 0.1) is 0 Å². The van der Waals surface area contributed by atoms with E-state index in [1.807, 2.05) is 50.2 Å². The lowest BCUT2D eigenvalue weighted by Gasteiger charge is -2.01. The fourth-order valence-electron chi connectivity index (χ4n) is 2.29. The number of fused-ring (bicyclic) bond motifs is 1. The molecule has 0 amide bonds. The number of oxazole rings is 1. The SMILES string of the molecule is CCCC(=O)c1nc2nc(-c3ccccc3)oc2cc1C. The highest BCUT2D eigenvalue weighted by molar-refractivity contribution is 5.97. The smallest absolute Gasteiger partial charge is 0.228 e. The first kappa shape index (κ1) is 13.5. The van der Waals surface area contributed by atoms with Crippen LogP contribution in [0.25, 0.3) is 22.7 Å². The second-order valence-corrected chi connectivity index (χ2v) is 5.03. The molecule has 0 aliphatic heterocycles. The predicted octanol–water partition coefficient (Wildman–Crippen LogP) is 4.18. The summed E-state index contributed by atoms with van der Waals surface area (Å²) >= 11 is 0. The lowest BCUT2D eigenvalue weighted by atomic mass is 10.1. The van der Waals surface area contributed by atoms with E-state index in [1.165, 1.54) is 0 Å². The molecule has 106 valence electrons. The normalized spacial score (nSPS) is 11.0. The lowest BCUT2D eigenvalue weighted by Crippen LogP contribution is -2.04. The number of pyridine rings is 1. The zero-order valence-electron chi connectivity index (χ0n) is 12.1. The van der Waals surface area contributed by atoms with Gasteiger partial charge in [0.15, 0.2) is 17.0 Å². The predicted molar refractivity (Wildman–Crippen MR) is 81.2 cm³/mol. The topological polar surface area (TPSA) is 56.0 Å². The first-order chi connectivity index (χ1) is 10.2. The van der Waals surface area contributed by atoms with E-state index in [4.69, 9.17) is 4.42 Å². The van der Waals surface area contributed by atoms with E-state index < -0.39 is 0 Å². The van der Waals surface area contributed by atoms with Crippen molar-refractivity contribution in [3.63, 3.8) is 0 Å². The number of carbonyl (C=O) groups is 1. The van der Waals surface area contributed by atoms with Crippen LogP contribution in [0.4, 0.5) is 0 Å². The lowest BCUT2D eigenvalue weighted by molar-refractivity contribution is 0.0976. The molecule has 0 saturated carbocycles. The van der Waals surface area contributed by atoms with Crippen LogP contribution in [0.2, 0.25) is 0 Å². The Labute approximate surface area is 122 Å². The molecule has 4 nitrogen and oxygen atoms in total. The van der Waals surface area contributed by atoms with E-state index in [-0.39, 0.29) is 5.78 Å². The summed E-state index contributed by atoms with van der Waals surface area (Å²) in [6, 6.07) is 11.5. The molecule has 0 spiro atoms. The minimum Gasteiger partial charge on any atom is -0.434 e. The number of rotatable bonds is 4. The summed E-state index contributed by atoms with van der Waals surface area (Å²) in [6.07, 6.45) is 1.31. The van der Waals surface area contributed by atoms with Gasteiger partial charge in [-0.2, -0.15) is 4.98 Å². The summed E-state index contributed by atoms with van der Waals surface area (Å²) in [5, 5.41) is 0. The number of hydrogen-bond donors (Lipinski definition) is 0. The van der Waals surface area contributed by atoms with Crippen molar-refractivity contribution < 1.29 is 9.21 Å². The molecular formula is C17H16N2O2. The number of benzene rings is 1. The molecule has 0 aliphatic carbocycles. The van der Waals surface area contributed by atoms with Crippen LogP contribution in [0, 0.1) is 6.92 Å². The van der Waals surface area contributed by atoms with Crippen molar-refractivity contribution in [2.24, 2.45) is 0 Å². The number of aryl methyl sites for hydroxylation is 1. The van der Waals surface area contributed by atoms with Crippen molar-refractivity contribution in [1.29, 1.82) is 0 Å². The molecule has 0 N–H and O–H groups in total. The fourth-order valence-corrected chi connectivity index (χ4v) is 2.29. The fraction of sp³-hybridized carbons (Fsp3) is 0.235. The maximum atomic E-state index is 12.1. The molecule has 0 fully saturated rings. The van der Waals surface area contributed by atoms with Gasteiger partial charge in [-0.25, -0.2) is 4.98 Å². The van der Waals surface area contributed by atoms with Gasteiger partial charge in [-0.05, 0) is 37.1 Å². The van der Waals surface area contributed by atoms with E-state index in [2.05, 4.69) is 9.97 Å². The Morgan fingerprint density at radius 3 is 2.67 bits per heavy atom. The van der Waals surface area contributed by atoms with Crippen LogP contribution in [0.5, 0.6) is 0 Å². The van der Waals surface area contributed by atoms with Crippen LogP contribution in [-0.4, -0.2) is 15.8 Å². The molecular weight excluding hydrogens is 264 g/mol. The zero-order valence-corrected chi connectivity index (χ0v) is 12.1. The third-order valence-corrected chi connectivity index (χ3v) is 3.34. The first-order valence-corrected chi connectivity index (χ1v) is 7.06. The highest BCUT2D eigenvalue weighted by Crippen LogP contribution is 2.25. The molecule has 0 saturated heterocycles. The Bertz CT molecular complexity index is 791. The molecule has 0 radical (unpaired) electrons. The Morgan fingerprint density at radius 2 is 1.95 bits per heavy atom. The number of nitrogens with zero attached hydrogens (tertiary/aromatic N) is 2. The van der Waals surface area contributed by atoms with Crippen LogP contribution < -0.4 is 0 Å². The summed E-state index contributed by atoms with van der Waals surface area (Å²) in [7, 11) is 0. The largest absolute Gasteiger partial charge is 0.434 e. The van der Waals surface area contributed by atoms with Crippen LogP contribution in [0.1, 0.15) is 35.8 Å². The van der Waals surface area contributed by atoms with E-state index in [9.17, 15) is 4.79 Å². The quantitative estimate of drug-likeness (QED) is 0.673. The van der Waals surface area contributed by atoms with Gasteiger partial charge in [-0.3, -0.25) is 4.79 Å². The molecule has 1 aromatic carbocycles. The molecule has 2 heterocycles. The summed E-state index contributed by atoms with van der Waals surface area (Å²) in [4.78, 5) is 20.8. The summed E-state index contributed by atoms with van der Waals surface area (Å²) in [5.74, 6) is 0.582. The number of ketones is 1. The van der Waals surface area contributed by atoms with E-state index in [0.717, 1.165) is 17.5 Å². The molecule has 4 heteroatoms. The molecule has 0 unspecified atom stereocenters. The highest BCUT2D eigenvalue weighted by Gasteiger charge is 2.15. The van der Waals surface area contributed by atoms with Crippen molar-refractivity contribution >= 4 is 17.0 Å². The van der Waals surface area contributed by atoms with Gasteiger partial charge in [0.2, 0.25) is 5.89 Å². The minimum atomic E-state index is 0.0566. The average Bonchev–Trinajstić information content (AvgIpc) is 2.90. The Hall–Kier alpha value is -2.49. The number of Topliss-reactive ketones (excluding diaryl/α,β-unsaturated/α-hetero) is 1. The second-order valence-electron chi connectivity index (χ2n) is 5.03. The molecule has 2 aromatic heterocycles. The van der Waals surface area contributed by atoms with E-state index >= 15 is 0 Å². The molecule has 0 bridgehead atoms. The summed E-state index contributed by atoms with van der Waals surface area (Å²) in [5.41, 5.74) is 3.32. The summed E-state index contributed by atoms with van der Waals surface area (Å²) in [6.45, 7) is 3.86.